The van der Waals surface area contributed by atoms with Gasteiger partial charge in [-0.2, -0.15) is 11.8 Å². The summed E-state index contributed by atoms with van der Waals surface area (Å²) in [5.74, 6) is 1.92. The molecule has 2 aliphatic heterocycles. The number of rotatable bonds is 0. The Bertz CT molecular complexity index is 185. The summed E-state index contributed by atoms with van der Waals surface area (Å²) in [5, 5.41) is 2.77. The normalized spacial score (nSPS) is 44.5. The predicted octanol–water partition coefficient (Wildman–Crippen LogP) is 0.600. The summed E-state index contributed by atoms with van der Waals surface area (Å²) in [5.41, 5.74) is -0.220. The van der Waals surface area contributed by atoms with E-state index in [4.69, 9.17) is 4.74 Å². The molecule has 56 valence electrons. The van der Waals surface area contributed by atoms with Crippen LogP contribution in [0.25, 0.3) is 0 Å². The van der Waals surface area contributed by atoms with Gasteiger partial charge in [-0.15, -0.1) is 0 Å². The number of fused-ring (bicyclic) bond motifs is 1. The maximum atomic E-state index is 10.7. The number of alkyl carbamates (subject to hydrolysis) is 1. The zero-order valence-electron chi connectivity index (χ0n) is 5.72. The Hall–Kier alpha value is -0.380. The van der Waals surface area contributed by atoms with E-state index < -0.39 is 0 Å². The van der Waals surface area contributed by atoms with Gasteiger partial charge in [-0.25, -0.2) is 4.79 Å². The van der Waals surface area contributed by atoms with Gasteiger partial charge in [0.1, 0.15) is 5.60 Å². The summed E-state index contributed by atoms with van der Waals surface area (Å²) in [6, 6.07) is 0.241. The molecule has 2 saturated heterocycles. The Balaban J connectivity index is 2.22. The SMILES string of the molecule is C[C@@]12CSC[C@@H]1NC(=O)O2. The average molecular weight is 159 g/mol. The fourth-order valence-electron chi connectivity index (χ4n) is 1.33. The molecule has 1 N–H and O–H groups in total. The lowest BCUT2D eigenvalue weighted by Gasteiger charge is -2.18. The summed E-state index contributed by atoms with van der Waals surface area (Å²) < 4.78 is 5.10. The van der Waals surface area contributed by atoms with Gasteiger partial charge in [0, 0.05) is 11.5 Å². The minimum Gasteiger partial charge on any atom is -0.440 e. The minimum atomic E-state index is -0.257. The molecule has 10 heavy (non-hydrogen) atoms. The first kappa shape index (κ1) is 6.34. The number of carbonyl (C=O) groups is 1. The van der Waals surface area contributed by atoms with Gasteiger partial charge in [-0.1, -0.05) is 0 Å². The highest BCUT2D eigenvalue weighted by Crippen LogP contribution is 2.34. The fourth-order valence-corrected chi connectivity index (χ4v) is 2.79. The van der Waals surface area contributed by atoms with Crippen LogP contribution in [0.5, 0.6) is 0 Å². The summed E-state index contributed by atoms with van der Waals surface area (Å²) in [4.78, 5) is 10.7. The van der Waals surface area contributed by atoms with Crippen LogP contribution in [0, 0.1) is 0 Å². The third-order valence-corrected chi connectivity index (χ3v) is 3.37. The first-order valence-electron chi connectivity index (χ1n) is 3.28. The maximum absolute atomic E-state index is 10.7. The molecule has 0 aliphatic carbocycles. The smallest absolute Gasteiger partial charge is 0.408 e. The van der Waals surface area contributed by atoms with E-state index in [1.807, 2.05) is 18.7 Å². The zero-order valence-corrected chi connectivity index (χ0v) is 6.53. The molecule has 0 aromatic rings. The highest BCUT2D eigenvalue weighted by molar-refractivity contribution is 7.99. The van der Waals surface area contributed by atoms with Crippen LogP contribution in [0.2, 0.25) is 0 Å². The third-order valence-electron chi connectivity index (χ3n) is 2.03. The van der Waals surface area contributed by atoms with E-state index >= 15 is 0 Å². The Kier molecular flexibility index (Phi) is 1.15. The molecule has 2 aliphatic rings. The van der Waals surface area contributed by atoms with Crippen LogP contribution in [-0.4, -0.2) is 29.2 Å². The molecule has 2 heterocycles. The Morgan fingerprint density at radius 3 is 3.40 bits per heavy atom. The molecular formula is C6H9NO2S. The molecule has 0 aromatic carbocycles. The van der Waals surface area contributed by atoms with E-state index in [1.54, 1.807) is 0 Å². The molecule has 1 amide bonds. The zero-order chi connectivity index (χ0) is 7.19. The van der Waals surface area contributed by atoms with Crippen molar-refractivity contribution in [2.75, 3.05) is 11.5 Å². The number of hydrogen-bond acceptors (Lipinski definition) is 3. The quantitative estimate of drug-likeness (QED) is 0.562. The Morgan fingerprint density at radius 1 is 1.90 bits per heavy atom. The van der Waals surface area contributed by atoms with Crippen LogP contribution in [0.3, 0.4) is 0 Å². The molecule has 2 atom stereocenters. The Labute approximate surface area is 63.5 Å². The highest BCUT2D eigenvalue weighted by atomic mass is 32.2. The van der Waals surface area contributed by atoms with E-state index in [2.05, 4.69) is 5.32 Å². The second kappa shape index (κ2) is 1.81. The molecular weight excluding hydrogens is 150 g/mol. The first-order chi connectivity index (χ1) is 4.71. The topological polar surface area (TPSA) is 38.3 Å². The van der Waals surface area contributed by atoms with Gasteiger partial charge >= 0.3 is 6.09 Å². The van der Waals surface area contributed by atoms with Crippen LogP contribution >= 0.6 is 11.8 Å². The lowest BCUT2D eigenvalue weighted by Crippen LogP contribution is -2.39. The Morgan fingerprint density at radius 2 is 2.70 bits per heavy atom. The molecule has 0 radical (unpaired) electrons. The van der Waals surface area contributed by atoms with Crippen LogP contribution in [0.15, 0.2) is 0 Å². The van der Waals surface area contributed by atoms with Crippen LogP contribution in [0.4, 0.5) is 4.79 Å². The molecule has 0 saturated carbocycles. The van der Waals surface area contributed by atoms with E-state index in [-0.39, 0.29) is 17.7 Å². The molecule has 0 aromatic heterocycles. The van der Waals surface area contributed by atoms with Gasteiger partial charge in [-0.3, -0.25) is 0 Å². The molecule has 0 spiro atoms. The van der Waals surface area contributed by atoms with Gasteiger partial charge in [0.25, 0.3) is 0 Å². The van der Waals surface area contributed by atoms with Crippen molar-refractivity contribution >= 4 is 17.9 Å². The second-order valence-electron chi connectivity index (χ2n) is 2.91. The molecule has 0 bridgehead atoms. The van der Waals surface area contributed by atoms with Crippen molar-refractivity contribution < 1.29 is 9.53 Å². The monoisotopic (exact) mass is 159 g/mol. The summed E-state index contributed by atoms with van der Waals surface area (Å²) in [6.45, 7) is 1.98. The van der Waals surface area contributed by atoms with E-state index in [0.29, 0.717) is 0 Å². The van der Waals surface area contributed by atoms with Crippen molar-refractivity contribution in [3.05, 3.63) is 0 Å². The largest absolute Gasteiger partial charge is 0.440 e. The van der Waals surface area contributed by atoms with Gasteiger partial charge in [0.15, 0.2) is 0 Å². The summed E-state index contributed by atoms with van der Waals surface area (Å²) in [6.07, 6.45) is -0.257. The molecule has 2 rings (SSSR count). The number of ether oxygens (including phenoxy) is 1. The van der Waals surface area contributed by atoms with Gasteiger partial charge in [0.05, 0.1) is 6.04 Å². The van der Waals surface area contributed by atoms with Crippen molar-refractivity contribution in [3.8, 4) is 0 Å². The van der Waals surface area contributed by atoms with Gasteiger partial charge < -0.3 is 10.1 Å². The number of hydrogen-bond donors (Lipinski definition) is 1. The second-order valence-corrected chi connectivity index (χ2v) is 3.94. The van der Waals surface area contributed by atoms with E-state index in [9.17, 15) is 4.79 Å². The third kappa shape index (κ3) is 0.714. The van der Waals surface area contributed by atoms with Crippen molar-refractivity contribution in [1.29, 1.82) is 0 Å². The summed E-state index contributed by atoms with van der Waals surface area (Å²) in [7, 11) is 0. The molecule has 3 nitrogen and oxygen atoms in total. The highest BCUT2D eigenvalue weighted by Gasteiger charge is 2.48. The van der Waals surface area contributed by atoms with Crippen LogP contribution in [-0.2, 0) is 4.74 Å². The molecule has 2 fully saturated rings. The first-order valence-corrected chi connectivity index (χ1v) is 4.43. The molecule has 4 heteroatoms. The average Bonchev–Trinajstić information content (AvgIpc) is 2.20. The van der Waals surface area contributed by atoms with Crippen LogP contribution in [0.1, 0.15) is 6.92 Å². The summed E-state index contributed by atoms with van der Waals surface area (Å²) >= 11 is 1.83. The molecule has 0 unspecified atom stereocenters. The van der Waals surface area contributed by atoms with Crippen molar-refractivity contribution in [2.45, 2.75) is 18.6 Å². The van der Waals surface area contributed by atoms with Crippen molar-refractivity contribution in [3.63, 3.8) is 0 Å². The fraction of sp³-hybridized carbons (Fsp3) is 0.833. The number of amides is 1. The lowest BCUT2D eigenvalue weighted by molar-refractivity contribution is 0.0805. The number of carbonyl (C=O) groups excluding carboxylic acids is 1. The van der Waals surface area contributed by atoms with Gasteiger partial charge in [-0.05, 0) is 6.92 Å². The van der Waals surface area contributed by atoms with E-state index in [0.717, 1.165) is 11.5 Å². The van der Waals surface area contributed by atoms with Crippen molar-refractivity contribution in [2.24, 2.45) is 0 Å². The van der Waals surface area contributed by atoms with Crippen LogP contribution < -0.4 is 5.32 Å². The predicted molar refractivity (Wildman–Crippen MR) is 39.1 cm³/mol. The van der Waals surface area contributed by atoms with Gasteiger partial charge in [0.2, 0.25) is 0 Å². The lowest BCUT2D eigenvalue weighted by atomic mass is 10.0. The van der Waals surface area contributed by atoms with Crippen molar-refractivity contribution in [1.82, 2.24) is 5.32 Å². The maximum Gasteiger partial charge on any atom is 0.408 e. The standard InChI is InChI=1S/C6H9NO2S/c1-6-3-10-2-4(6)7-5(8)9-6/h4H,2-3H2,1H3,(H,7,8)/t4-,6+/m0/s1. The minimum absolute atomic E-state index is 0.220. The number of thioether (sulfide) groups is 1. The number of nitrogens with one attached hydrogen (secondary N) is 1. The van der Waals surface area contributed by atoms with E-state index in [1.165, 1.54) is 0 Å².